The highest BCUT2D eigenvalue weighted by molar-refractivity contribution is 9.10. The highest BCUT2D eigenvalue weighted by Gasteiger charge is 2.54. The van der Waals surface area contributed by atoms with Gasteiger partial charge in [-0.25, -0.2) is 4.79 Å². The van der Waals surface area contributed by atoms with E-state index in [9.17, 15) is 29.1 Å². The first-order chi connectivity index (χ1) is 24.2. The summed E-state index contributed by atoms with van der Waals surface area (Å²) in [5.74, 6) is -3.52. The van der Waals surface area contributed by atoms with E-state index in [4.69, 9.17) is 27.7 Å². The number of amides is 4. The van der Waals surface area contributed by atoms with E-state index >= 15 is 0 Å². The molecule has 0 aromatic heterocycles. The average Bonchev–Trinajstić information content (AvgIpc) is 3.74. The molecule has 0 saturated carbocycles. The van der Waals surface area contributed by atoms with E-state index in [2.05, 4.69) is 36.9 Å². The zero-order chi connectivity index (χ0) is 37.7. The van der Waals surface area contributed by atoms with Crippen LogP contribution in [0.3, 0.4) is 0 Å². The molecule has 2 fully saturated rings. The van der Waals surface area contributed by atoms with Gasteiger partial charge in [-0.15, -0.1) is 0 Å². The van der Waals surface area contributed by atoms with Crippen molar-refractivity contribution in [3.05, 3.63) is 34.3 Å². The number of nitrogens with two attached hydrogens (primary N) is 4. The summed E-state index contributed by atoms with van der Waals surface area (Å²) in [5, 5.41) is 18.3. The van der Waals surface area contributed by atoms with Crippen molar-refractivity contribution in [2.45, 2.75) is 107 Å². The topological polar surface area (TPSA) is 271 Å². The van der Waals surface area contributed by atoms with Crippen LogP contribution in [0.5, 0.6) is 0 Å². The van der Waals surface area contributed by atoms with Crippen LogP contribution in [-0.2, 0) is 28.7 Å². The Morgan fingerprint density at radius 3 is 2.39 bits per heavy atom. The van der Waals surface area contributed by atoms with Gasteiger partial charge in [0.25, 0.3) is 0 Å². The summed E-state index contributed by atoms with van der Waals surface area (Å²) in [6.07, 6.45) is 2.33. The molecule has 284 valence electrons. The number of guanidine groups is 1. The molecule has 0 spiro atoms. The smallest absolute Gasteiger partial charge is 0.326 e. The van der Waals surface area contributed by atoms with Crippen LogP contribution >= 0.6 is 15.9 Å². The van der Waals surface area contributed by atoms with Gasteiger partial charge in [-0.2, -0.15) is 0 Å². The monoisotopic (exact) mass is 779 g/mol. The molecule has 0 radical (unpaired) electrons. The minimum absolute atomic E-state index is 0.0327. The molecule has 0 bridgehead atoms. The van der Waals surface area contributed by atoms with Crippen LogP contribution in [-0.4, -0.2) is 102 Å². The number of nitrogens with zero attached hydrogens (tertiary/aromatic N) is 2. The highest BCUT2D eigenvalue weighted by atomic mass is 79.9. The third-order valence-corrected chi connectivity index (χ3v) is 9.70. The van der Waals surface area contributed by atoms with Gasteiger partial charge in [0.15, 0.2) is 11.5 Å². The number of carbonyl (C=O) groups excluding carboxylic acids is 4. The fraction of sp³-hybridized carbons (Fsp3) is 0.647. The molecule has 2 saturated heterocycles. The van der Waals surface area contributed by atoms with Gasteiger partial charge in [-0.3, -0.25) is 24.2 Å². The quantitative estimate of drug-likeness (QED) is 0.0540. The van der Waals surface area contributed by atoms with Gasteiger partial charge in [-0.1, -0.05) is 41.9 Å². The van der Waals surface area contributed by atoms with Gasteiger partial charge in [0, 0.05) is 24.0 Å². The molecule has 17 heteroatoms. The lowest BCUT2D eigenvalue weighted by molar-refractivity contribution is -0.146. The average molecular weight is 781 g/mol. The number of benzene rings is 1. The van der Waals surface area contributed by atoms with Crippen molar-refractivity contribution in [3.63, 3.8) is 0 Å². The number of unbranched alkanes of at least 4 members (excludes halogenated alkanes) is 1. The summed E-state index contributed by atoms with van der Waals surface area (Å²) in [7, 11) is 0. The Morgan fingerprint density at radius 1 is 1.06 bits per heavy atom. The lowest BCUT2D eigenvalue weighted by atomic mass is 9.84. The maximum Gasteiger partial charge on any atom is 0.326 e. The minimum atomic E-state index is -1.67. The van der Waals surface area contributed by atoms with Crippen molar-refractivity contribution in [3.8, 4) is 0 Å². The molecule has 51 heavy (non-hydrogen) atoms. The molecule has 4 amide bonds. The lowest BCUT2D eigenvalue weighted by Gasteiger charge is -2.37. The Bertz CT molecular complexity index is 1390. The number of aliphatic carboxylic acids is 1. The zero-order valence-electron chi connectivity index (χ0n) is 29.4. The van der Waals surface area contributed by atoms with Crippen LogP contribution < -0.4 is 38.9 Å². The van der Waals surface area contributed by atoms with Crippen molar-refractivity contribution >= 4 is 51.5 Å². The molecule has 12 N–H and O–H groups in total. The maximum atomic E-state index is 14.2. The Hall–Kier alpha value is -3.80. The first-order valence-electron chi connectivity index (χ1n) is 17.5. The summed E-state index contributed by atoms with van der Waals surface area (Å²) in [5.41, 5.74) is 21.5. The molecular formula is C34H54BrN9O7. The second-order valence-electron chi connectivity index (χ2n) is 13.6. The number of halogens is 1. The van der Waals surface area contributed by atoms with Gasteiger partial charge < -0.3 is 53.6 Å². The predicted octanol–water partition coefficient (Wildman–Crippen LogP) is 0.367. The maximum absolute atomic E-state index is 14.2. The van der Waals surface area contributed by atoms with Gasteiger partial charge in [0.2, 0.25) is 23.6 Å². The third kappa shape index (κ3) is 11.6. The van der Waals surface area contributed by atoms with Gasteiger partial charge in [0.1, 0.15) is 24.2 Å². The van der Waals surface area contributed by atoms with E-state index in [1.165, 1.54) is 4.90 Å². The minimum Gasteiger partial charge on any atom is -0.480 e. The van der Waals surface area contributed by atoms with Crippen molar-refractivity contribution in [2.24, 2.45) is 33.8 Å². The van der Waals surface area contributed by atoms with Crippen molar-refractivity contribution in [1.82, 2.24) is 20.9 Å². The number of nitrogens with one attached hydrogen (secondary N) is 3. The number of rotatable bonds is 19. The molecule has 2 aliphatic heterocycles. The Labute approximate surface area is 307 Å². The molecular weight excluding hydrogens is 726 g/mol. The van der Waals surface area contributed by atoms with Gasteiger partial charge in [0.05, 0.1) is 12.6 Å². The largest absolute Gasteiger partial charge is 0.480 e. The summed E-state index contributed by atoms with van der Waals surface area (Å²) in [4.78, 5) is 73.1. The summed E-state index contributed by atoms with van der Waals surface area (Å²) < 4.78 is 6.87. The lowest BCUT2D eigenvalue weighted by Crippen LogP contribution is -2.65. The fourth-order valence-electron chi connectivity index (χ4n) is 6.51. The van der Waals surface area contributed by atoms with Crippen molar-refractivity contribution in [1.29, 1.82) is 0 Å². The number of hydrogen-bond donors (Lipinski definition) is 8. The van der Waals surface area contributed by atoms with E-state index in [0.29, 0.717) is 50.8 Å². The Balaban J connectivity index is 1.87. The summed E-state index contributed by atoms with van der Waals surface area (Å²) in [6, 6.07) is 3.07. The number of carboxylic acids is 1. The van der Waals surface area contributed by atoms with Crippen molar-refractivity contribution < 1.29 is 33.8 Å². The van der Waals surface area contributed by atoms with E-state index in [-0.39, 0.29) is 50.7 Å². The van der Waals surface area contributed by atoms with E-state index in [0.717, 1.165) is 4.47 Å². The number of ether oxygens (including phenoxy) is 1. The first-order valence-corrected chi connectivity index (χ1v) is 18.3. The van der Waals surface area contributed by atoms with E-state index < -0.39 is 65.4 Å². The van der Waals surface area contributed by atoms with Gasteiger partial charge >= 0.3 is 5.97 Å². The van der Waals surface area contributed by atoms with Crippen LogP contribution in [0.4, 0.5) is 0 Å². The molecule has 0 aliphatic carbocycles. The second kappa shape index (κ2) is 19.7. The molecule has 3 rings (SSSR count). The Morgan fingerprint density at radius 2 is 1.76 bits per heavy atom. The van der Waals surface area contributed by atoms with Crippen molar-refractivity contribution in [2.75, 3.05) is 26.2 Å². The zero-order valence-corrected chi connectivity index (χ0v) is 31.0. The van der Waals surface area contributed by atoms with Gasteiger partial charge in [-0.05, 0) is 81.5 Å². The summed E-state index contributed by atoms with van der Waals surface area (Å²) >= 11 is 3.42. The molecule has 2 aliphatic rings. The molecule has 6 atom stereocenters. The SMILES string of the molecule is CC(C)C[C@H](NC(=O)C1(NC(=O)[C@@H]2CCCN2C(=O)[C@H](CCCCN)NC(=O)[C@@H](N)CCCN=C(N)N)CCOC1c1ccc(Br)cc1)C(=O)O. The highest BCUT2D eigenvalue weighted by Crippen LogP contribution is 2.40. The Kier molecular flexibility index (Phi) is 16.1. The number of likely N-dealkylation sites (tertiary alicyclic amines) is 1. The fourth-order valence-corrected chi connectivity index (χ4v) is 6.78. The molecule has 16 nitrogen and oxygen atoms in total. The second-order valence-corrected chi connectivity index (χ2v) is 14.5. The number of hydrogen-bond acceptors (Lipinski definition) is 9. The molecule has 1 aromatic rings. The van der Waals surface area contributed by atoms with E-state index in [1.54, 1.807) is 24.3 Å². The molecule has 2 unspecified atom stereocenters. The van der Waals surface area contributed by atoms with Crippen LogP contribution in [0.1, 0.15) is 83.3 Å². The van der Waals surface area contributed by atoms with E-state index in [1.807, 2.05) is 13.8 Å². The third-order valence-electron chi connectivity index (χ3n) is 9.17. The van der Waals surface area contributed by atoms with Crippen LogP contribution in [0, 0.1) is 5.92 Å². The standard InChI is InChI=1S/C34H54BrN9O7/c1-20(2)19-25(31(48)49)42-32(50)34(14-18-51-27(34)21-10-12-22(35)13-11-21)43-29(46)26-9-6-17-44(26)30(47)24(8-3-4-15-36)41-28(45)23(37)7-5-16-40-33(38)39/h10-13,20,23-27H,3-9,14-19,36-37H2,1-2H3,(H,41,45)(H,42,50)(H,43,46)(H,48,49)(H4,38,39,40)/t23-,24-,25-,26-,27?,34?/m0/s1. The number of aliphatic imine (C=N–C) groups is 1. The molecule has 2 heterocycles. The molecule has 1 aromatic carbocycles. The van der Waals surface area contributed by atoms with Crippen LogP contribution in [0.2, 0.25) is 0 Å². The van der Waals surface area contributed by atoms with Crippen LogP contribution in [0.15, 0.2) is 33.7 Å². The normalized spacial score (nSPS) is 21.8. The summed E-state index contributed by atoms with van der Waals surface area (Å²) in [6.45, 7) is 4.78. The van der Waals surface area contributed by atoms with Crippen LogP contribution in [0.25, 0.3) is 0 Å². The predicted molar refractivity (Wildman–Crippen MR) is 195 cm³/mol. The first kappa shape index (κ1) is 41.6. The number of carboxylic acid groups (broad SMARTS) is 1. The number of carbonyl (C=O) groups is 5.